The summed E-state index contributed by atoms with van der Waals surface area (Å²) in [5.74, 6) is -0.634. The number of carbonyl (C=O) groups excluding carboxylic acids is 1. The molecule has 0 radical (unpaired) electrons. The van der Waals surface area contributed by atoms with E-state index in [9.17, 15) is 9.59 Å². The predicted molar refractivity (Wildman–Crippen MR) is 66.6 cm³/mol. The van der Waals surface area contributed by atoms with Crippen LogP contribution in [0, 0.1) is 0 Å². The normalized spacial score (nSPS) is 9.83. The summed E-state index contributed by atoms with van der Waals surface area (Å²) in [5, 5.41) is 8.75. The molecular weight excluding hydrogens is 234 g/mol. The third kappa shape index (κ3) is 4.86. The first-order chi connectivity index (χ1) is 8.63. The highest BCUT2D eigenvalue weighted by Crippen LogP contribution is 2.10. The summed E-state index contributed by atoms with van der Waals surface area (Å²) in [6.45, 7) is 2.02. The fraction of sp³-hybridized carbons (Fsp3) is 0.385. The minimum absolute atomic E-state index is 0.342. The van der Waals surface area contributed by atoms with Gasteiger partial charge in [0.15, 0.2) is 0 Å². The number of para-hydroxylation sites is 1. The largest absolute Gasteiger partial charge is 0.480 e. The maximum absolute atomic E-state index is 11.8. The lowest BCUT2D eigenvalue weighted by atomic mass is 10.3. The van der Waals surface area contributed by atoms with Crippen molar-refractivity contribution in [3.8, 4) is 5.75 Å². The third-order valence-electron chi connectivity index (χ3n) is 2.31. The fourth-order valence-corrected chi connectivity index (χ4v) is 1.40. The average Bonchev–Trinajstić information content (AvgIpc) is 2.35. The third-order valence-corrected chi connectivity index (χ3v) is 2.31. The molecule has 0 atom stereocenters. The first-order valence-corrected chi connectivity index (χ1v) is 5.87. The van der Waals surface area contributed by atoms with Crippen molar-refractivity contribution in [2.24, 2.45) is 0 Å². The van der Waals surface area contributed by atoms with Crippen LogP contribution in [0.3, 0.4) is 0 Å². The number of rotatable bonds is 6. The van der Waals surface area contributed by atoms with Gasteiger partial charge < -0.3 is 9.84 Å². The number of aliphatic carboxylic acids is 1. The molecule has 0 aliphatic carbocycles. The van der Waals surface area contributed by atoms with Crippen molar-refractivity contribution >= 4 is 12.1 Å². The van der Waals surface area contributed by atoms with Gasteiger partial charge in [0, 0.05) is 6.54 Å². The van der Waals surface area contributed by atoms with E-state index in [1.54, 1.807) is 24.3 Å². The second kappa shape index (κ2) is 7.32. The highest BCUT2D eigenvalue weighted by atomic mass is 16.6. The molecule has 0 unspecified atom stereocenters. The highest BCUT2D eigenvalue weighted by molar-refractivity contribution is 5.77. The SMILES string of the molecule is CCCCN(CC(=O)O)C(=O)Oc1ccccc1. The van der Waals surface area contributed by atoms with Crippen molar-refractivity contribution in [1.29, 1.82) is 0 Å². The van der Waals surface area contributed by atoms with Crippen molar-refractivity contribution in [2.75, 3.05) is 13.1 Å². The summed E-state index contributed by atoms with van der Waals surface area (Å²) in [4.78, 5) is 23.7. The van der Waals surface area contributed by atoms with Crippen LogP contribution in [-0.2, 0) is 4.79 Å². The summed E-state index contributed by atoms with van der Waals surface area (Å²) in [6.07, 6.45) is 1.00. The summed E-state index contributed by atoms with van der Waals surface area (Å²) in [7, 11) is 0. The number of carboxylic acid groups (broad SMARTS) is 1. The Balaban J connectivity index is 2.60. The standard InChI is InChI=1S/C13H17NO4/c1-2-3-9-14(10-12(15)16)13(17)18-11-7-5-4-6-8-11/h4-8H,2-3,9-10H2,1H3,(H,15,16). The molecule has 1 aromatic rings. The molecule has 0 saturated heterocycles. The maximum Gasteiger partial charge on any atom is 0.415 e. The molecular formula is C13H17NO4. The quantitative estimate of drug-likeness (QED) is 0.842. The molecule has 0 saturated carbocycles. The van der Waals surface area contributed by atoms with E-state index in [0.717, 1.165) is 12.8 Å². The second-order valence-electron chi connectivity index (χ2n) is 3.85. The van der Waals surface area contributed by atoms with Gasteiger partial charge in [0.05, 0.1) is 0 Å². The van der Waals surface area contributed by atoms with Gasteiger partial charge in [0.1, 0.15) is 12.3 Å². The van der Waals surface area contributed by atoms with Crippen LogP contribution in [0.5, 0.6) is 5.75 Å². The molecule has 1 N–H and O–H groups in total. The lowest BCUT2D eigenvalue weighted by molar-refractivity contribution is -0.137. The number of hydrogen-bond donors (Lipinski definition) is 1. The molecule has 0 aliphatic rings. The molecule has 5 nitrogen and oxygen atoms in total. The topological polar surface area (TPSA) is 66.8 Å². The number of benzene rings is 1. The number of hydrogen-bond acceptors (Lipinski definition) is 3. The lowest BCUT2D eigenvalue weighted by Crippen LogP contribution is -2.38. The summed E-state index contributed by atoms with van der Waals surface area (Å²) in [6, 6.07) is 8.60. The molecule has 5 heteroatoms. The van der Waals surface area contributed by atoms with E-state index in [2.05, 4.69) is 0 Å². The Morgan fingerprint density at radius 2 is 1.94 bits per heavy atom. The lowest BCUT2D eigenvalue weighted by Gasteiger charge is -2.19. The van der Waals surface area contributed by atoms with E-state index in [0.29, 0.717) is 12.3 Å². The van der Waals surface area contributed by atoms with Gasteiger partial charge in [-0.2, -0.15) is 0 Å². The number of carboxylic acids is 1. The molecule has 1 rings (SSSR count). The molecule has 0 aromatic heterocycles. The molecule has 0 aliphatic heterocycles. The van der Waals surface area contributed by atoms with Crippen molar-refractivity contribution in [2.45, 2.75) is 19.8 Å². The van der Waals surface area contributed by atoms with E-state index < -0.39 is 12.1 Å². The van der Waals surface area contributed by atoms with Crippen LogP contribution in [0.15, 0.2) is 30.3 Å². The van der Waals surface area contributed by atoms with Crippen molar-refractivity contribution in [3.63, 3.8) is 0 Å². The minimum atomic E-state index is -1.05. The second-order valence-corrected chi connectivity index (χ2v) is 3.85. The van der Waals surface area contributed by atoms with Gasteiger partial charge in [-0.3, -0.25) is 9.69 Å². The van der Waals surface area contributed by atoms with Crippen LogP contribution < -0.4 is 4.74 Å². The van der Waals surface area contributed by atoms with Crippen molar-refractivity contribution < 1.29 is 19.4 Å². The van der Waals surface area contributed by atoms with Gasteiger partial charge in [-0.15, -0.1) is 0 Å². The van der Waals surface area contributed by atoms with Crippen LogP contribution in [0.2, 0.25) is 0 Å². The van der Waals surface area contributed by atoms with Crippen LogP contribution in [0.25, 0.3) is 0 Å². The van der Waals surface area contributed by atoms with Crippen LogP contribution >= 0.6 is 0 Å². The summed E-state index contributed by atoms with van der Waals surface area (Å²) in [5.41, 5.74) is 0. The van der Waals surface area contributed by atoms with E-state index in [1.807, 2.05) is 13.0 Å². The first-order valence-electron chi connectivity index (χ1n) is 5.87. The molecule has 1 amide bonds. The number of carbonyl (C=O) groups is 2. The molecule has 98 valence electrons. The zero-order valence-electron chi connectivity index (χ0n) is 10.3. The monoisotopic (exact) mass is 251 g/mol. The zero-order chi connectivity index (χ0) is 13.4. The van der Waals surface area contributed by atoms with Gasteiger partial charge in [-0.05, 0) is 18.6 Å². The van der Waals surface area contributed by atoms with E-state index >= 15 is 0 Å². The number of nitrogens with zero attached hydrogens (tertiary/aromatic N) is 1. The Hall–Kier alpha value is -2.04. The number of ether oxygens (including phenoxy) is 1. The Morgan fingerprint density at radius 3 is 2.50 bits per heavy atom. The summed E-state index contributed by atoms with van der Waals surface area (Å²) >= 11 is 0. The predicted octanol–water partition coefficient (Wildman–Crippen LogP) is 2.37. The van der Waals surface area contributed by atoms with E-state index in [-0.39, 0.29) is 6.54 Å². The number of unbranched alkanes of at least 4 members (excludes halogenated alkanes) is 1. The van der Waals surface area contributed by atoms with Gasteiger partial charge in [-0.1, -0.05) is 31.5 Å². The summed E-state index contributed by atoms with van der Waals surface area (Å²) < 4.78 is 5.10. The smallest absolute Gasteiger partial charge is 0.415 e. The minimum Gasteiger partial charge on any atom is -0.480 e. The van der Waals surface area contributed by atoms with Crippen molar-refractivity contribution in [3.05, 3.63) is 30.3 Å². The number of amides is 1. The fourth-order valence-electron chi connectivity index (χ4n) is 1.40. The average molecular weight is 251 g/mol. The van der Waals surface area contributed by atoms with Gasteiger partial charge in [0.25, 0.3) is 0 Å². The highest BCUT2D eigenvalue weighted by Gasteiger charge is 2.18. The van der Waals surface area contributed by atoms with Crippen LogP contribution in [0.4, 0.5) is 4.79 Å². The van der Waals surface area contributed by atoms with E-state index in [4.69, 9.17) is 9.84 Å². The Labute approximate surface area is 106 Å². The first kappa shape index (κ1) is 14.0. The van der Waals surface area contributed by atoms with Gasteiger partial charge in [0.2, 0.25) is 0 Å². The van der Waals surface area contributed by atoms with Crippen LogP contribution in [-0.4, -0.2) is 35.2 Å². The van der Waals surface area contributed by atoms with E-state index in [1.165, 1.54) is 4.90 Å². The molecule has 0 spiro atoms. The van der Waals surface area contributed by atoms with Gasteiger partial charge >= 0.3 is 12.1 Å². The molecule has 0 heterocycles. The Kier molecular flexibility index (Phi) is 5.70. The molecule has 1 aromatic carbocycles. The molecule has 18 heavy (non-hydrogen) atoms. The molecule has 0 fully saturated rings. The maximum atomic E-state index is 11.8. The van der Waals surface area contributed by atoms with Crippen molar-refractivity contribution in [1.82, 2.24) is 4.90 Å². The van der Waals surface area contributed by atoms with Crippen LogP contribution in [0.1, 0.15) is 19.8 Å². The zero-order valence-corrected chi connectivity index (χ0v) is 10.3. The Morgan fingerprint density at radius 1 is 1.28 bits per heavy atom. The molecule has 0 bridgehead atoms. The Bertz CT molecular complexity index is 391. The van der Waals surface area contributed by atoms with Gasteiger partial charge in [-0.25, -0.2) is 4.79 Å².